The predicted molar refractivity (Wildman–Crippen MR) is 77.5 cm³/mol. The number of hydrogen-bond donors (Lipinski definition) is 1. The molecule has 0 radical (unpaired) electrons. The predicted octanol–water partition coefficient (Wildman–Crippen LogP) is 3.74. The molecular formula is C15H21ClFNO. The van der Waals surface area contributed by atoms with Gasteiger partial charge in [-0.05, 0) is 50.1 Å². The van der Waals surface area contributed by atoms with Crippen molar-refractivity contribution in [1.82, 2.24) is 5.32 Å². The van der Waals surface area contributed by atoms with Crippen molar-refractivity contribution >= 4 is 18.2 Å². The van der Waals surface area contributed by atoms with Gasteiger partial charge in [0.05, 0.1) is 0 Å². The summed E-state index contributed by atoms with van der Waals surface area (Å²) in [4.78, 5) is 11.8. The van der Waals surface area contributed by atoms with E-state index in [9.17, 15) is 9.18 Å². The van der Waals surface area contributed by atoms with Crippen molar-refractivity contribution < 1.29 is 9.18 Å². The molecule has 0 aliphatic heterocycles. The summed E-state index contributed by atoms with van der Waals surface area (Å²) in [5.41, 5.74) is 0.609. The number of ketones is 1. The summed E-state index contributed by atoms with van der Waals surface area (Å²) in [7, 11) is 0. The van der Waals surface area contributed by atoms with E-state index in [1.165, 1.54) is 37.8 Å². The molecule has 1 aliphatic rings. The fourth-order valence-corrected chi connectivity index (χ4v) is 2.47. The molecule has 0 saturated heterocycles. The standard InChI is InChI=1S/C15H20FNO.ClH/c16-13-9-7-12(8-10-13)15(18)6-3-11-17-14-4-1-2-5-14;/h7-10,14,17H,1-6,11H2;1H. The molecule has 1 saturated carbocycles. The number of carbonyl (C=O) groups excluding carboxylic acids is 1. The maximum atomic E-state index is 12.7. The van der Waals surface area contributed by atoms with Crippen molar-refractivity contribution in [2.24, 2.45) is 0 Å². The Labute approximate surface area is 120 Å². The first kappa shape index (κ1) is 16.1. The summed E-state index contributed by atoms with van der Waals surface area (Å²) in [6.45, 7) is 0.900. The van der Waals surface area contributed by atoms with Crippen LogP contribution in [0.4, 0.5) is 4.39 Å². The highest BCUT2D eigenvalue weighted by Crippen LogP contribution is 2.17. The van der Waals surface area contributed by atoms with E-state index in [0.29, 0.717) is 18.0 Å². The second-order valence-corrected chi connectivity index (χ2v) is 4.97. The van der Waals surface area contributed by atoms with Crippen LogP contribution < -0.4 is 5.32 Å². The minimum atomic E-state index is -0.297. The summed E-state index contributed by atoms with van der Waals surface area (Å²) in [6, 6.07) is 6.45. The van der Waals surface area contributed by atoms with E-state index in [0.717, 1.165) is 13.0 Å². The highest BCUT2D eigenvalue weighted by Gasteiger charge is 2.13. The minimum Gasteiger partial charge on any atom is -0.314 e. The van der Waals surface area contributed by atoms with Crippen molar-refractivity contribution in [2.45, 2.75) is 44.6 Å². The zero-order valence-corrected chi connectivity index (χ0v) is 11.8. The Bertz CT molecular complexity index is 388. The monoisotopic (exact) mass is 285 g/mol. The minimum absolute atomic E-state index is 0. The first-order valence-corrected chi connectivity index (χ1v) is 6.78. The third kappa shape index (κ3) is 5.29. The molecule has 1 aliphatic carbocycles. The number of rotatable bonds is 6. The molecule has 1 aromatic carbocycles. The molecule has 0 unspecified atom stereocenters. The van der Waals surface area contributed by atoms with E-state index in [2.05, 4.69) is 5.32 Å². The average Bonchev–Trinajstić information content (AvgIpc) is 2.88. The van der Waals surface area contributed by atoms with Gasteiger partial charge in [-0.3, -0.25) is 4.79 Å². The van der Waals surface area contributed by atoms with Crippen LogP contribution in [0.15, 0.2) is 24.3 Å². The zero-order valence-electron chi connectivity index (χ0n) is 11.0. The molecule has 1 fully saturated rings. The van der Waals surface area contributed by atoms with Crippen molar-refractivity contribution in [3.05, 3.63) is 35.6 Å². The van der Waals surface area contributed by atoms with Crippen LogP contribution in [0, 0.1) is 5.82 Å². The van der Waals surface area contributed by atoms with Crippen molar-refractivity contribution in [1.29, 1.82) is 0 Å². The van der Waals surface area contributed by atoms with Gasteiger partial charge >= 0.3 is 0 Å². The summed E-state index contributed by atoms with van der Waals surface area (Å²) in [5.74, 6) is -0.197. The third-order valence-electron chi connectivity index (χ3n) is 3.53. The molecule has 106 valence electrons. The van der Waals surface area contributed by atoms with Gasteiger partial charge in [-0.25, -0.2) is 4.39 Å². The van der Waals surface area contributed by atoms with Gasteiger partial charge in [-0.1, -0.05) is 12.8 Å². The Hall–Kier alpha value is -0.930. The number of nitrogens with one attached hydrogen (secondary N) is 1. The SMILES string of the molecule is Cl.O=C(CCCNC1CCCC1)c1ccc(F)cc1. The van der Waals surface area contributed by atoms with Gasteiger partial charge in [0.25, 0.3) is 0 Å². The second-order valence-electron chi connectivity index (χ2n) is 4.97. The molecule has 0 amide bonds. The molecular weight excluding hydrogens is 265 g/mol. The van der Waals surface area contributed by atoms with Crippen LogP contribution in [-0.2, 0) is 0 Å². The Morgan fingerprint density at radius 1 is 1.21 bits per heavy atom. The van der Waals surface area contributed by atoms with Gasteiger partial charge in [0, 0.05) is 18.0 Å². The molecule has 0 aromatic heterocycles. The first-order valence-electron chi connectivity index (χ1n) is 6.78. The molecule has 4 heteroatoms. The van der Waals surface area contributed by atoms with E-state index in [1.54, 1.807) is 12.1 Å². The van der Waals surface area contributed by atoms with E-state index >= 15 is 0 Å². The number of halogens is 2. The van der Waals surface area contributed by atoms with E-state index in [1.807, 2.05) is 0 Å². The molecule has 1 N–H and O–H groups in total. The maximum absolute atomic E-state index is 12.7. The van der Waals surface area contributed by atoms with Gasteiger partial charge < -0.3 is 5.32 Å². The largest absolute Gasteiger partial charge is 0.314 e. The lowest BCUT2D eigenvalue weighted by Crippen LogP contribution is -2.27. The quantitative estimate of drug-likeness (QED) is 0.637. The van der Waals surface area contributed by atoms with Gasteiger partial charge in [0.15, 0.2) is 5.78 Å². The molecule has 0 heterocycles. The van der Waals surface area contributed by atoms with Gasteiger partial charge in [0.2, 0.25) is 0 Å². The van der Waals surface area contributed by atoms with Gasteiger partial charge in [-0.2, -0.15) is 0 Å². The Morgan fingerprint density at radius 2 is 1.84 bits per heavy atom. The molecule has 19 heavy (non-hydrogen) atoms. The van der Waals surface area contributed by atoms with Gasteiger partial charge in [0.1, 0.15) is 5.82 Å². The van der Waals surface area contributed by atoms with E-state index in [4.69, 9.17) is 0 Å². The van der Waals surface area contributed by atoms with Crippen LogP contribution in [0.25, 0.3) is 0 Å². The van der Waals surface area contributed by atoms with Crippen LogP contribution in [0.1, 0.15) is 48.9 Å². The smallest absolute Gasteiger partial charge is 0.162 e. The summed E-state index contributed by atoms with van der Waals surface area (Å²) >= 11 is 0. The van der Waals surface area contributed by atoms with E-state index in [-0.39, 0.29) is 24.0 Å². The fourth-order valence-electron chi connectivity index (χ4n) is 2.47. The van der Waals surface area contributed by atoms with Crippen LogP contribution in [0.2, 0.25) is 0 Å². The van der Waals surface area contributed by atoms with Crippen molar-refractivity contribution in [2.75, 3.05) is 6.54 Å². The van der Waals surface area contributed by atoms with Gasteiger partial charge in [-0.15, -0.1) is 12.4 Å². The lowest BCUT2D eigenvalue weighted by Gasteiger charge is -2.10. The zero-order chi connectivity index (χ0) is 12.8. The van der Waals surface area contributed by atoms with Crippen molar-refractivity contribution in [3.8, 4) is 0 Å². The lowest BCUT2D eigenvalue weighted by atomic mass is 10.1. The number of hydrogen-bond acceptors (Lipinski definition) is 2. The second kappa shape index (κ2) is 8.28. The number of carbonyl (C=O) groups is 1. The Balaban J connectivity index is 0.00000180. The topological polar surface area (TPSA) is 29.1 Å². The maximum Gasteiger partial charge on any atom is 0.162 e. The van der Waals surface area contributed by atoms with E-state index < -0.39 is 0 Å². The molecule has 0 spiro atoms. The first-order chi connectivity index (χ1) is 8.75. The number of Topliss-reactive ketones (excluding diaryl/α,β-unsaturated/α-hetero) is 1. The summed E-state index contributed by atoms with van der Waals surface area (Å²) < 4.78 is 12.7. The van der Waals surface area contributed by atoms with Crippen LogP contribution >= 0.6 is 12.4 Å². The van der Waals surface area contributed by atoms with Crippen LogP contribution in [0.3, 0.4) is 0 Å². The third-order valence-corrected chi connectivity index (χ3v) is 3.53. The fraction of sp³-hybridized carbons (Fsp3) is 0.533. The van der Waals surface area contributed by atoms with Crippen molar-refractivity contribution in [3.63, 3.8) is 0 Å². The molecule has 2 nitrogen and oxygen atoms in total. The Kier molecular flexibility index (Phi) is 7.03. The van der Waals surface area contributed by atoms with Crippen LogP contribution in [0.5, 0.6) is 0 Å². The lowest BCUT2D eigenvalue weighted by molar-refractivity contribution is 0.0979. The molecule has 1 aromatic rings. The summed E-state index contributed by atoms with van der Waals surface area (Å²) in [5, 5.41) is 3.49. The average molecular weight is 286 g/mol. The molecule has 0 atom stereocenters. The number of benzene rings is 1. The highest BCUT2D eigenvalue weighted by atomic mass is 35.5. The Morgan fingerprint density at radius 3 is 2.47 bits per heavy atom. The molecule has 0 bridgehead atoms. The highest BCUT2D eigenvalue weighted by molar-refractivity contribution is 5.95. The molecule has 2 rings (SSSR count). The normalized spacial score (nSPS) is 15.2. The van der Waals surface area contributed by atoms with Crippen LogP contribution in [-0.4, -0.2) is 18.4 Å². The summed E-state index contributed by atoms with van der Waals surface area (Å²) in [6.07, 6.45) is 6.58.